The third kappa shape index (κ3) is 5.98. The number of benzene rings is 1. The molecule has 0 unspecified atom stereocenters. The summed E-state index contributed by atoms with van der Waals surface area (Å²) in [7, 11) is 0. The SMILES string of the molecule is Cc1ncsc1-c1ccc([C@H](CN)NC(=O)[C@@H]2C[C@@H](O)CN2C(=O)[C@@H](NC(=O)C2(C#N)CC2)C(C)(C)C)cc1. The minimum atomic E-state index is -1.09. The molecule has 1 aliphatic carbocycles. The van der Waals surface area contributed by atoms with Crippen molar-refractivity contribution >= 4 is 29.1 Å². The van der Waals surface area contributed by atoms with Gasteiger partial charge in [-0.05, 0) is 36.3 Å². The van der Waals surface area contributed by atoms with E-state index in [1.54, 1.807) is 16.8 Å². The molecule has 2 fully saturated rings. The lowest BCUT2D eigenvalue weighted by molar-refractivity contribution is -0.144. The number of thiazole rings is 1. The number of likely N-dealkylation sites (tertiary alicyclic amines) is 1. The van der Waals surface area contributed by atoms with Crippen LogP contribution in [-0.2, 0) is 14.4 Å². The van der Waals surface area contributed by atoms with E-state index in [1.807, 2.05) is 52.0 Å². The molecule has 0 bridgehead atoms. The van der Waals surface area contributed by atoms with E-state index < -0.39 is 52.8 Å². The summed E-state index contributed by atoms with van der Waals surface area (Å²) in [6, 6.07) is 7.41. The number of carbonyl (C=O) groups excluding carboxylic acids is 3. The molecule has 10 nitrogen and oxygen atoms in total. The summed E-state index contributed by atoms with van der Waals surface area (Å²) >= 11 is 1.56. The second-order valence-corrected chi connectivity index (χ2v) is 12.4. The van der Waals surface area contributed by atoms with Crippen LogP contribution in [0.25, 0.3) is 10.4 Å². The average Bonchev–Trinajstić information content (AvgIpc) is 3.44. The fourth-order valence-corrected chi connectivity index (χ4v) is 5.71. The summed E-state index contributed by atoms with van der Waals surface area (Å²) in [6.07, 6.45) is 0.108. The highest BCUT2D eigenvalue weighted by atomic mass is 32.1. The van der Waals surface area contributed by atoms with E-state index in [1.165, 1.54) is 4.90 Å². The van der Waals surface area contributed by atoms with Crippen LogP contribution in [0.5, 0.6) is 0 Å². The van der Waals surface area contributed by atoms with Crippen LogP contribution in [0.2, 0.25) is 0 Å². The molecule has 2 aromatic rings. The number of nitrogens with two attached hydrogens (primary N) is 1. The van der Waals surface area contributed by atoms with Crippen LogP contribution in [0.3, 0.4) is 0 Å². The normalized spacial score (nSPS) is 21.5. The highest BCUT2D eigenvalue weighted by Crippen LogP contribution is 2.45. The van der Waals surface area contributed by atoms with Crippen LogP contribution in [-0.4, -0.2) is 64.0 Å². The maximum absolute atomic E-state index is 13.7. The van der Waals surface area contributed by atoms with Crippen LogP contribution in [0, 0.1) is 29.1 Å². The standard InChI is InChI=1S/C28H36N6O4S/c1-16-22(39-15-31-16)18-7-5-17(6-8-18)20(12-29)32-24(36)21-11-19(35)13-34(21)25(37)23(27(2,3)4)33-26(38)28(14-30)9-10-28/h5-8,15,19-21,23,35H,9-13,29H2,1-4H3,(H,32,36)(H,33,38)/t19-,20+,21+,23-/m1/s1. The Morgan fingerprint density at radius 2 is 1.92 bits per heavy atom. The maximum atomic E-state index is 13.7. The zero-order valence-corrected chi connectivity index (χ0v) is 23.5. The van der Waals surface area contributed by atoms with Crippen molar-refractivity contribution in [3.05, 3.63) is 41.0 Å². The van der Waals surface area contributed by atoms with Gasteiger partial charge in [0.15, 0.2) is 0 Å². The first-order valence-electron chi connectivity index (χ1n) is 13.1. The predicted octanol–water partition coefficient (Wildman–Crippen LogP) is 2.03. The first-order chi connectivity index (χ1) is 18.4. The van der Waals surface area contributed by atoms with Gasteiger partial charge in [0.2, 0.25) is 17.7 Å². The number of amides is 3. The van der Waals surface area contributed by atoms with E-state index in [2.05, 4.69) is 21.7 Å². The second kappa shape index (κ2) is 11.0. The fraction of sp³-hybridized carbons (Fsp3) is 0.536. The minimum Gasteiger partial charge on any atom is -0.391 e. The quantitative estimate of drug-likeness (QED) is 0.389. The molecule has 2 heterocycles. The monoisotopic (exact) mass is 552 g/mol. The Kier molecular flexibility index (Phi) is 8.12. The number of nitriles is 1. The average molecular weight is 553 g/mol. The molecule has 2 aliphatic rings. The van der Waals surface area contributed by atoms with E-state index in [9.17, 15) is 24.8 Å². The van der Waals surface area contributed by atoms with Crippen LogP contribution in [0.4, 0.5) is 0 Å². The van der Waals surface area contributed by atoms with Crippen LogP contribution >= 0.6 is 11.3 Å². The number of aromatic nitrogens is 1. The Morgan fingerprint density at radius 3 is 2.44 bits per heavy atom. The molecule has 208 valence electrons. The van der Waals surface area contributed by atoms with E-state index >= 15 is 0 Å². The van der Waals surface area contributed by atoms with Gasteiger partial charge < -0.3 is 26.4 Å². The Hall–Kier alpha value is -3.33. The molecule has 1 aromatic carbocycles. The molecule has 1 aliphatic heterocycles. The number of nitrogens with one attached hydrogen (secondary N) is 2. The van der Waals surface area contributed by atoms with Gasteiger partial charge >= 0.3 is 0 Å². The largest absolute Gasteiger partial charge is 0.391 e. The van der Waals surface area contributed by atoms with E-state index in [0.717, 1.165) is 21.7 Å². The zero-order chi connectivity index (χ0) is 28.5. The summed E-state index contributed by atoms with van der Waals surface area (Å²) in [5.74, 6) is -1.36. The smallest absolute Gasteiger partial charge is 0.246 e. The van der Waals surface area contributed by atoms with Gasteiger partial charge in [-0.1, -0.05) is 45.0 Å². The number of nitrogens with zero attached hydrogens (tertiary/aromatic N) is 3. The Bertz CT molecular complexity index is 1270. The lowest BCUT2D eigenvalue weighted by atomic mass is 9.85. The van der Waals surface area contributed by atoms with Crippen LogP contribution < -0.4 is 16.4 Å². The number of carbonyl (C=O) groups is 3. The number of β-amino-alcohol motifs (C(OH)–C–C–N with tert-alkyl or cyclic N) is 1. The summed E-state index contributed by atoms with van der Waals surface area (Å²) in [5, 5.41) is 25.6. The third-order valence-corrected chi connectivity index (χ3v) is 8.50. The van der Waals surface area contributed by atoms with Crippen molar-refractivity contribution in [3.63, 3.8) is 0 Å². The molecule has 0 radical (unpaired) electrons. The molecule has 1 aromatic heterocycles. The molecule has 1 saturated heterocycles. The van der Waals surface area contributed by atoms with Crippen molar-refractivity contribution < 1.29 is 19.5 Å². The van der Waals surface area contributed by atoms with Gasteiger partial charge in [0.05, 0.1) is 34.3 Å². The van der Waals surface area contributed by atoms with E-state index in [4.69, 9.17) is 5.73 Å². The van der Waals surface area contributed by atoms with Gasteiger partial charge in [-0.3, -0.25) is 14.4 Å². The highest BCUT2D eigenvalue weighted by molar-refractivity contribution is 7.13. The number of hydrogen-bond acceptors (Lipinski definition) is 8. The summed E-state index contributed by atoms with van der Waals surface area (Å²) in [4.78, 5) is 46.7. The molecule has 0 spiro atoms. The first kappa shape index (κ1) is 28.7. The molecule has 1 saturated carbocycles. The highest BCUT2D eigenvalue weighted by Gasteiger charge is 2.53. The van der Waals surface area contributed by atoms with Gasteiger partial charge in [-0.2, -0.15) is 5.26 Å². The number of aliphatic hydroxyl groups is 1. The number of rotatable bonds is 8. The summed E-state index contributed by atoms with van der Waals surface area (Å²) in [6.45, 7) is 7.50. The maximum Gasteiger partial charge on any atom is 0.246 e. The number of aryl methyl sites for hydroxylation is 1. The molecule has 5 N–H and O–H groups in total. The van der Waals surface area contributed by atoms with Crippen molar-refractivity contribution in [1.29, 1.82) is 5.26 Å². The van der Waals surface area contributed by atoms with Gasteiger partial charge in [0.1, 0.15) is 17.5 Å². The fourth-order valence-electron chi connectivity index (χ4n) is 4.90. The second-order valence-electron chi connectivity index (χ2n) is 11.5. The Morgan fingerprint density at radius 1 is 1.26 bits per heavy atom. The van der Waals surface area contributed by atoms with E-state index in [-0.39, 0.29) is 19.5 Å². The van der Waals surface area contributed by atoms with Crippen molar-refractivity contribution in [2.75, 3.05) is 13.1 Å². The van der Waals surface area contributed by atoms with Crippen molar-refractivity contribution in [2.24, 2.45) is 16.6 Å². The summed E-state index contributed by atoms with van der Waals surface area (Å²) in [5.41, 5.74) is 8.84. The Balaban J connectivity index is 1.49. The van der Waals surface area contributed by atoms with Gasteiger partial charge in [-0.15, -0.1) is 11.3 Å². The first-order valence-corrected chi connectivity index (χ1v) is 14.0. The number of hydrogen-bond donors (Lipinski definition) is 4. The van der Waals surface area contributed by atoms with Gasteiger partial charge in [0, 0.05) is 19.5 Å². The number of aliphatic hydroxyl groups excluding tert-OH is 1. The minimum absolute atomic E-state index is 0.0288. The molecule has 11 heteroatoms. The third-order valence-electron chi connectivity index (χ3n) is 7.52. The molecular formula is C28H36N6O4S. The van der Waals surface area contributed by atoms with E-state index in [0.29, 0.717) is 12.8 Å². The lowest BCUT2D eigenvalue weighted by Crippen LogP contribution is -2.58. The topological polar surface area (TPSA) is 161 Å². The Labute approximate surface area is 232 Å². The molecule has 3 amide bonds. The van der Waals surface area contributed by atoms with Crippen molar-refractivity contribution in [3.8, 4) is 16.5 Å². The molecule has 39 heavy (non-hydrogen) atoms. The molecule has 4 atom stereocenters. The summed E-state index contributed by atoms with van der Waals surface area (Å²) < 4.78 is 0. The van der Waals surface area contributed by atoms with Crippen LogP contribution in [0.1, 0.15) is 57.3 Å². The zero-order valence-electron chi connectivity index (χ0n) is 22.7. The van der Waals surface area contributed by atoms with Crippen molar-refractivity contribution in [2.45, 2.75) is 71.2 Å². The molecule has 4 rings (SSSR count). The van der Waals surface area contributed by atoms with Gasteiger partial charge in [-0.25, -0.2) is 4.98 Å². The lowest BCUT2D eigenvalue weighted by Gasteiger charge is -2.36. The molecular weight excluding hydrogens is 516 g/mol. The predicted molar refractivity (Wildman–Crippen MR) is 147 cm³/mol. The van der Waals surface area contributed by atoms with Crippen molar-refractivity contribution in [1.82, 2.24) is 20.5 Å². The van der Waals surface area contributed by atoms with Crippen LogP contribution in [0.15, 0.2) is 29.8 Å². The van der Waals surface area contributed by atoms with Gasteiger partial charge in [0.25, 0.3) is 0 Å².